The number of ether oxygens (including phenoxy) is 2. The summed E-state index contributed by atoms with van der Waals surface area (Å²) in [5.41, 5.74) is 0. The average molecular weight is 719 g/mol. The van der Waals surface area contributed by atoms with Gasteiger partial charge in [0.1, 0.15) is 6.61 Å². The molecule has 0 fully saturated rings. The summed E-state index contributed by atoms with van der Waals surface area (Å²) in [6.07, 6.45) is 32.6. The van der Waals surface area contributed by atoms with Crippen molar-refractivity contribution >= 4 is 19.8 Å². The molecular formula is C40H79O8P. The van der Waals surface area contributed by atoms with Crippen molar-refractivity contribution in [1.29, 1.82) is 0 Å². The molecule has 0 aliphatic heterocycles. The number of rotatable bonds is 37. The predicted octanol–water partition coefficient (Wildman–Crippen LogP) is 12.2. The first kappa shape index (κ1) is 48.0. The van der Waals surface area contributed by atoms with Crippen molar-refractivity contribution < 1.29 is 37.9 Å². The molecule has 0 radical (unpaired) electrons. The van der Waals surface area contributed by atoms with Crippen molar-refractivity contribution in [2.45, 2.75) is 220 Å². The third kappa shape index (κ3) is 38.1. The van der Waals surface area contributed by atoms with Crippen molar-refractivity contribution in [3.8, 4) is 0 Å². The van der Waals surface area contributed by atoms with Crippen LogP contribution < -0.4 is 0 Å². The highest BCUT2D eigenvalue weighted by Gasteiger charge is 2.23. The summed E-state index contributed by atoms with van der Waals surface area (Å²) >= 11 is 0. The number of carbonyl (C=O) groups is 2. The molecule has 0 saturated carbocycles. The highest BCUT2D eigenvalue weighted by molar-refractivity contribution is 7.46. The first-order valence-electron chi connectivity index (χ1n) is 20.6. The zero-order chi connectivity index (χ0) is 36.4. The quantitative estimate of drug-likeness (QED) is 0.0370. The van der Waals surface area contributed by atoms with Gasteiger partial charge < -0.3 is 19.3 Å². The van der Waals surface area contributed by atoms with E-state index in [0.717, 1.165) is 50.4 Å². The van der Waals surface area contributed by atoms with E-state index < -0.39 is 32.5 Å². The molecule has 0 aliphatic rings. The van der Waals surface area contributed by atoms with Gasteiger partial charge in [-0.3, -0.25) is 14.1 Å². The van der Waals surface area contributed by atoms with Gasteiger partial charge in [0.15, 0.2) is 6.10 Å². The summed E-state index contributed by atoms with van der Waals surface area (Å²) in [6, 6.07) is 0. The normalized spacial score (nSPS) is 13.1. The Balaban J connectivity index is 3.85. The second kappa shape index (κ2) is 34.2. The molecule has 292 valence electrons. The van der Waals surface area contributed by atoms with Crippen LogP contribution in [0.15, 0.2) is 0 Å². The van der Waals surface area contributed by atoms with E-state index in [4.69, 9.17) is 19.3 Å². The van der Waals surface area contributed by atoms with Gasteiger partial charge in [0.05, 0.1) is 6.61 Å². The lowest BCUT2D eigenvalue weighted by atomic mass is 9.99. The van der Waals surface area contributed by atoms with Crippen LogP contribution in [0.4, 0.5) is 0 Å². The first-order valence-corrected chi connectivity index (χ1v) is 22.1. The van der Waals surface area contributed by atoms with Crippen LogP contribution in [0.3, 0.4) is 0 Å². The molecular weight excluding hydrogens is 639 g/mol. The van der Waals surface area contributed by atoms with Gasteiger partial charge in [0, 0.05) is 12.8 Å². The van der Waals surface area contributed by atoms with Gasteiger partial charge in [0.2, 0.25) is 0 Å². The fourth-order valence-electron chi connectivity index (χ4n) is 6.12. The van der Waals surface area contributed by atoms with Crippen LogP contribution in [0, 0.1) is 11.8 Å². The van der Waals surface area contributed by atoms with Crippen LogP contribution in [-0.2, 0) is 28.2 Å². The SMILES string of the molecule is CCC(C)CCCCCCCCCCC(=O)O[C@H](COC(=O)CCCCCCCCCCCCCCCCCCC(C)C)COP(=O)(O)O. The number of unbranched alkanes of at least 4 members (excludes halogenated alkanes) is 22. The zero-order valence-corrected chi connectivity index (χ0v) is 33.3. The van der Waals surface area contributed by atoms with Crippen molar-refractivity contribution in [3.63, 3.8) is 0 Å². The number of hydrogen-bond acceptors (Lipinski definition) is 6. The van der Waals surface area contributed by atoms with E-state index in [-0.39, 0.29) is 19.4 Å². The summed E-state index contributed by atoms with van der Waals surface area (Å²) in [4.78, 5) is 42.8. The molecule has 2 N–H and O–H groups in total. The monoisotopic (exact) mass is 719 g/mol. The van der Waals surface area contributed by atoms with E-state index >= 15 is 0 Å². The molecule has 0 aromatic heterocycles. The molecule has 0 aromatic carbocycles. The van der Waals surface area contributed by atoms with E-state index in [1.807, 2.05) is 0 Å². The molecule has 0 heterocycles. The highest BCUT2D eigenvalue weighted by Crippen LogP contribution is 2.36. The fraction of sp³-hybridized carbons (Fsp3) is 0.950. The van der Waals surface area contributed by atoms with Gasteiger partial charge in [-0.1, -0.05) is 188 Å². The fourth-order valence-corrected chi connectivity index (χ4v) is 6.48. The van der Waals surface area contributed by atoms with Gasteiger partial charge in [0.25, 0.3) is 0 Å². The lowest BCUT2D eigenvalue weighted by molar-refractivity contribution is -0.161. The van der Waals surface area contributed by atoms with Gasteiger partial charge in [-0.2, -0.15) is 0 Å². The van der Waals surface area contributed by atoms with Gasteiger partial charge in [-0.25, -0.2) is 4.57 Å². The van der Waals surface area contributed by atoms with Crippen LogP contribution in [0.5, 0.6) is 0 Å². The average Bonchev–Trinajstić information content (AvgIpc) is 3.05. The van der Waals surface area contributed by atoms with E-state index in [1.54, 1.807) is 0 Å². The number of phosphoric ester groups is 1. The second-order valence-electron chi connectivity index (χ2n) is 15.1. The topological polar surface area (TPSA) is 119 Å². The molecule has 1 unspecified atom stereocenters. The zero-order valence-electron chi connectivity index (χ0n) is 32.4. The standard InChI is InChI=1S/C40H79O8P/c1-5-37(4)31-27-23-19-16-17-21-25-29-33-40(42)48-38(35-47-49(43,44)45)34-46-39(41)32-28-24-20-15-13-11-9-7-6-8-10-12-14-18-22-26-30-36(2)3/h36-38H,5-35H2,1-4H3,(H2,43,44,45)/t37?,38-/m1/s1. The molecule has 0 aliphatic carbocycles. The maximum absolute atomic E-state index is 12.4. The van der Waals surface area contributed by atoms with Gasteiger partial charge in [-0.15, -0.1) is 0 Å². The number of phosphoric acid groups is 1. The van der Waals surface area contributed by atoms with E-state index in [0.29, 0.717) is 6.42 Å². The van der Waals surface area contributed by atoms with Crippen LogP contribution in [0.25, 0.3) is 0 Å². The second-order valence-corrected chi connectivity index (χ2v) is 16.3. The Morgan fingerprint density at radius 1 is 0.531 bits per heavy atom. The Kier molecular flexibility index (Phi) is 33.5. The Hall–Kier alpha value is -0.950. The minimum Gasteiger partial charge on any atom is -0.462 e. The lowest BCUT2D eigenvalue weighted by Crippen LogP contribution is -2.29. The molecule has 0 bridgehead atoms. The summed E-state index contributed by atoms with van der Waals surface area (Å²) in [5.74, 6) is 0.792. The predicted molar refractivity (Wildman–Crippen MR) is 202 cm³/mol. The van der Waals surface area contributed by atoms with Gasteiger partial charge in [-0.05, 0) is 24.7 Å². The minimum atomic E-state index is -4.74. The maximum atomic E-state index is 12.4. The summed E-state index contributed by atoms with van der Waals surface area (Å²) in [5, 5.41) is 0. The van der Waals surface area contributed by atoms with Crippen LogP contribution in [0.1, 0.15) is 214 Å². The van der Waals surface area contributed by atoms with E-state index in [1.165, 1.54) is 128 Å². The highest BCUT2D eigenvalue weighted by atomic mass is 31.2. The van der Waals surface area contributed by atoms with Crippen molar-refractivity contribution in [3.05, 3.63) is 0 Å². The molecule has 0 spiro atoms. The summed E-state index contributed by atoms with van der Waals surface area (Å²) in [6.45, 7) is 8.37. The Labute approximate surface area is 302 Å². The molecule has 49 heavy (non-hydrogen) atoms. The summed E-state index contributed by atoms with van der Waals surface area (Å²) in [7, 11) is -4.74. The van der Waals surface area contributed by atoms with E-state index in [2.05, 4.69) is 32.2 Å². The minimum absolute atomic E-state index is 0.216. The third-order valence-corrected chi connectivity index (χ3v) is 10.1. The Bertz CT molecular complexity index is 799. The molecule has 0 amide bonds. The van der Waals surface area contributed by atoms with Gasteiger partial charge >= 0.3 is 19.8 Å². The number of carbonyl (C=O) groups excluding carboxylic acids is 2. The smallest absolute Gasteiger partial charge is 0.462 e. The largest absolute Gasteiger partial charge is 0.469 e. The van der Waals surface area contributed by atoms with Crippen LogP contribution >= 0.6 is 7.82 Å². The molecule has 9 heteroatoms. The molecule has 8 nitrogen and oxygen atoms in total. The maximum Gasteiger partial charge on any atom is 0.469 e. The summed E-state index contributed by atoms with van der Waals surface area (Å²) < 4.78 is 26.4. The lowest BCUT2D eigenvalue weighted by Gasteiger charge is -2.18. The molecule has 0 rings (SSSR count). The Morgan fingerprint density at radius 2 is 0.898 bits per heavy atom. The Morgan fingerprint density at radius 3 is 1.29 bits per heavy atom. The van der Waals surface area contributed by atoms with Crippen molar-refractivity contribution in [2.24, 2.45) is 11.8 Å². The number of hydrogen-bond donors (Lipinski definition) is 2. The molecule has 2 atom stereocenters. The number of esters is 2. The first-order chi connectivity index (χ1) is 23.5. The third-order valence-electron chi connectivity index (χ3n) is 9.59. The van der Waals surface area contributed by atoms with Crippen molar-refractivity contribution in [1.82, 2.24) is 0 Å². The van der Waals surface area contributed by atoms with Crippen molar-refractivity contribution in [2.75, 3.05) is 13.2 Å². The molecule has 0 saturated heterocycles. The van der Waals surface area contributed by atoms with Crippen LogP contribution in [0.2, 0.25) is 0 Å². The molecule has 0 aromatic rings. The van der Waals surface area contributed by atoms with E-state index in [9.17, 15) is 14.2 Å². The van der Waals surface area contributed by atoms with Crippen LogP contribution in [-0.4, -0.2) is 41.0 Å².